The monoisotopic (exact) mass is 287 g/mol. The van der Waals surface area contributed by atoms with E-state index in [2.05, 4.69) is 15.5 Å². The smallest absolute Gasteiger partial charge is 0.336 e. The summed E-state index contributed by atoms with van der Waals surface area (Å²) in [7, 11) is 0. The summed E-state index contributed by atoms with van der Waals surface area (Å²) in [6.07, 6.45) is 0. The number of nitrogens with one attached hydrogen (secondary N) is 2. The van der Waals surface area contributed by atoms with Crippen molar-refractivity contribution in [3.8, 4) is 0 Å². The minimum absolute atomic E-state index is 0.0336. The fourth-order valence-electron chi connectivity index (χ4n) is 2.29. The van der Waals surface area contributed by atoms with Crippen LogP contribution in [0.4, 0.5) is 5.69 Å². The number of carboxylic acids is 1. The van der Waals surface area contributed by atoms with Crippen LogP contribution in [-0.2, 0) is 0 Å². The lowest BCUT2D eigenvalue weighted by Gasteiger charge is -2.12. The number of amides is 1. The first-order valence-electron chi connectivity index (χ1n) is 6.49. The Bertz CT molecular complexity index is 713. The van der Waals surface area contributed by atoms with Gasteiger partial charge in [-0.05, 0) is 38.8 Å². The van der Waals surface area contributed by atoms with E-state index in [1.54, 1.807) is 39.8 Å². The Morgan fingerprint density at radius 3 is 2.14 bits per heavy atom. The zero-order valence-corrected chi connectivity index (χ0v) is 12.4. The van der Waals surface area contributed by atoms with Crippen LogP contribution in [0.1, 0.15) is 43.2 Å². The van der Waals surface area contributed by atoms with Gasteiger partial charge in [0.1, 0.15) is 0 Å². The van der Waals surface area contributed by atoms with Gasteiger partial charge in [0, 0.05) is 0 Å². The molecule has 110 valence electrons. The van der Waals surface area contributed by atoms with Crippen molar-refractivity contribution in [1.29, 1.82) is 0 Å². The van der Waals surface area contributed by atoms with Crippen LogP contribution in [-0.4, -0.2) is 27.2 Å². The van der Waals surface area contributed by atoms with Crippen LogP contribution < -0.4 is 5.32 Å². The maximum absolute atomic E-state index is 12.5. The molecule has 0 aliphatic heterocycles. The van der Waals surface area contributed by atoms with Gasteiger partial charge in [-0.25, -0.2) is 4.79 Å². The molecule has 0 bridgehead atoms. The molecule has 6 nitrogen and oxygen atoms in total. The second-order valence-corrected chi connectivity index (χ2v) is 5.02. The van der Waals surface area contributed by atoms with Crippen LogP contribution in [0.25, 0.3) is 0 Å². The highest BCUT2D eigenvalue weighted by atomic mass is 16.4. The number of benzene rings is 1. The number of H-pyrrole nitrogens is 1. The van der Waals surface area contributed by atoms with Crippen molar-refractivity contribution >= 4 is 17.6 Å². The number of aryl methyl sites for hydroxylation is 4. The molecule has 3 N–H and O–H groups in total. The number of hydrogen-bond donors (Lipinski definition) is 3. The van der Waals surface area contributed by atoms with E-state index in [4.69, 9.17) is 0 Å². The van der Waals surface area contributed by atoms with Crippen LogP contribution in [0.15, 0.2) is 12.1 Å². The van der Waals surface area contributed by atoms with E-state index >= 15 is 0 Å². The number of aromatic carboxylic acids is 1. The van der Waals surface area contributed by atoms with E-state index in [0.29, 0.717) is 22.5 Å². The molecule has 2 aromatic rings. The normalized spacial score (nSPS) is 10.5. The number of aromatic nitrogens is 2. The molecule has 6 heteroatoms. The summed E-state index contributed by atoms with van der Waals surface area (Å²) < 4.78 is 0. The molecular formula is C15H17N3O3. The second kappa shape index (κ2) is 5.40. The molecule has 0 saturated carbocycles. The Morgan fingerprint density at radius 1 is 1.10 bits per heavy atom. The molecule has 0 unspecified atom stereocenters. The minimum atomic E-state index is -1.11. The van der Waals surface area contributed by atoms with Gasteiger partial charge in [-0.15, -0.1) is 0 Å². The van der Waals surface area contributed by atoms with Crippen LogP contribution >= 0.6 is 0 Å². The van der Waals surface area contributed by atoms with Gasteiger partial charge in [-0.1, -0.05) is 12.1 Å². The molecule has 0 aliphatic carbocycles. The van der Waals surface area contributed by atoms with Gasteiger partial charge in [0.15, 0.2) is 0 Å². The predicted octanol–water partition coefficient (Wildman–Crippen LogP) is 2.59. The molecule has 1 amide bonds. The van der Waals surface area contributed by atoms with Gasteiger partial charge in [0.05, 0.1) is 28.2 Å². The number of carboxylic acid groups (broad SMARTS) is 1. The van der Waals surface area contributed by atoms with Crippen LogP contribution in [0, 0.1) is 27.7 Å². The largest absolute Gasteiger partial charge is 0.478 e. The van der Waals surface area contributed by atoms with Crippen molar-refractivity contribution in [1.82, 2.24) is 10.2 Å². The summed E-state index contributed by atoms with van der Waals surface area (Å²) in [5, 5.41) is 18.9. The molecule has 0 fully saturated rings. The lowest BCUT2D eigenvalue weighted by Crippen LogP contribution is -2.19. The summed E-state index contributed by atoms with van der Waals surface area (Å²) in [6, 6.07) is 3.44. The van der Waals surface area contributed by atoms with Gasteiger partial charge in [-0.3, -0.25) is 9.89 Å². The fourth-order valence-corrected chi connectivity index (χ4v) is 2.29. The van der Waals surface area contributed by atoms with Crippen molar-refractivity contribution < 1.29 is 14.7 Å². The van der Waals surface area contributed by atoms with E-state index in [1.807, 2.05) is 0 Å². The number of anilines is 1. The quantitative estimate of drug-likeness (QED) is 0.808. The molecular weight excluding hydrogens is 270 g/mol. The van der Waals surface area contributed by atoms with Crippen molar-refractivity contribution in [2.45, 2.75) is 27.7 Å². The molecule has 0 radical (unpaired) electrons. The maximum atomic E-state index is 12.5. The van der Waals surface area contributed by atoms with Gasteiger partial charge < -0.3 is 10.4 Å². The predicted molar refractivity (Wildman–Crippen MR) is 78.9 cm³/mol. The Morgan fingerprint density at radius 2 is 1.67 bits per heavy atom. The average molecular weight is 287 g/mol. The van der Waals surface area contributed by atoms with E-state index in [0.717, 1.165) is 5.69 Å². The second-order valence-electron chi connectivity index (χ2n) is 5.02. The van der Waals surface area contributed by atoms with Gasteiger partial charge in [0.2, 0.25) is 0 Å². The third-order valence-corrected chi connectivity index (χ3v) is 3.43. The third kappa shape index (κ3) is 2.65. The molecule has 1 heterocycles. The Balaban J connectivity index is 2.49. The molecule has 2 rings (SSSR count). The summed E-state index contributed by atoms with van der Waals surface area (Å²) >= 11 is 0. The van der Waals surface area contributed by atoms with Crippen molar-refractivity contribution in [3.05, 3.63) is 45.8 Å². The highest BCUT2D eigenvalue weighted by Crippen LogP contribution is 2.22. The van der Waals surface area contributed by atoms with Crippen LogP contribution in [0.2, 0.25) is 0 Å². The molecule has 1 aromatic heterocycles. The summed E-state index contributed by atoms with van der Waals surface area (Å²) in [5.74, 6) is -1.55. The number of carbonyl (C=O) groups is 2. The van der Waals surface area contributed by atoms with Gasteiger partial charge in [0.25, 0.3) is 5.91 Å². The van der Waals surface area contributed by atoms with Gasteiger partial charge >= 0.3 is 5.97 Å². The number of hydrogen-bond acceptors (Lipinski definition) is 3. The number of rotatable bonds is 3. The summed E-state index contributed by atoms with van der Waals surface area (Å²) in [6.45, 7) is 6.95. The SMILES string of the molecule is Cc1ccc(C)c(C(=O)Nc2c(C)n[nH]c2C)c1C(=O)O. The first-order valence-corrected chi connectivity index (χ1v) is 6.49. The van der Waals surface area contributed by atoms with E-state index < -0.39 is 11.9 Å². The number of nitrogens with zero attached hydrogens (tertiary/aromatic N) is 1. The zero-order chi connectivity index (χ0) is 15.7. The first-order chi connectivity index (χ1) is 9.82. The van der Waals surface area contributed by atoms with E-state index in [-0.39, 0.29) is 11.1 Å². The molecule has 0 spiro atoms. The van der Waals surface area contributed by atoms with E-state index in [9.17, 15) is 14.7 Å². The molecule has 0 aliphatic rings. The summed E-state index contributed by atoms with van der Waals surface area (Å²) in [5.41, 5.74) is 3.35. The lowest BCUT2D eigenvalue weighted by molar-refractivity contribution is 0.0691. The van der Waals surface area contributed by atoms with Crippen molar-refractivity contribution in [2.75, 3.05) is 5.32 Å². The molecule has 0 atom stereocenters. The zero-order valence-electron chi connectivity index (χ0n) is 12.4. The maximum Gasteiger partial charge on any atom is 0.336 e. The number of aromatic amines is 1. The molecule has 1 aromatic carbocycles. The Labute approximate surface area is 122 Å². The molecule has 21 heavy (non-hydrogen) atoms. The topological polar surface area (TPSA) is 95.1 Å². The number of carbonyl (C=O) groups excluding carboxylic acids is 1. The van der Waals surface area contributed by atoms with Crippen LogP contribution in [0.5, 0.6) is 0 Å². The Hall–Kier alpha value is -2.63. The third-order valence-electron chi connectivity index (χ3n) is 3.43. The lowest BCUT2D eigenvalue weighted by atomic mass is 9.96. The van der Waals surface area contributed by atoms with Gasteiger partial charge in [-0.2, -0.15) is 5.10 Å². The van der Waals surface area contributed by atoms with E-state index in [1.165, 1.54) is 0 Å². The van der Waals surface area contributed by atoms with Crippen molar-refractivity contribution in [2.24, 2.45) is 0 Å². The fraction of sp³-hybridized carbons (Fsp3) is 0.267. The first kappa shape index (κ1) is 14.8. The highest BCUT2D eigenvalue weighted by Gasteiger charge is 2.22. The standard InChI is InChI=1S/C15H17N3O3/c1-7-5-6-8(2)12(15(20)21)11(7)14(19)16-13-9(3)17-18-10(13)4/h5-6H,1-4H3,(H,16,19)(H,17,18)(H,20,21). The highest BCUT2D eigenvalue weighted by molar-refractivity contribution is 6.12. The summed E-state index contributed by atoms with van der Waals surface area (Å²) in [4.78, 5) is 23.9. The minimum Gasteiger partial charge on any atom is -0.478 e. The van der Waals surface area contributed by atoms with Crippen molar-refractivity contribution in [3.63, 3.8) is 0 Å². The Kier molecular flexibility index (Phi) is 3.80. The average Bonchev–Trinajstić information content (AvgIpc) is 2.72. The van der Waals surface area contributed by atoms with Crippen LogP contribution in [0.3, 0.4) is 0 Å². The molecule has 0 saturated heterocycles.